The van der Waals surface area contributed by atoms with Crippen molar-refractivity contribution < 1.29 is 9.90 Å². The summed E-state index contributed by atoms with van der Waals surface area (Å²) in [6.45, 7) is 3.65. The van der Waals surface area contributed by atoms with Crippen LogP contribution in [-0.2, 0) is 0 Å². The number of amides is 1. The van der Waals surface area contributed by atoms with E-state index in [0.717, 1.165) is 15.7 Å². The van der Waals surface area contributed by atoms with Crippen molar-refractivity contribution in [3.05, 3.63) is 55.7 Å². The van der Waals surface area contributed by atoms with Gasteiger partial charge in [0.1, 0.15) is 0 Å². The summed E-state index contributed by atoms with van der Waals surface area (Å²) in [6, 6.07) is 5.22. The zero-order valence-corrected chi connectivity index (χ0v) is 11.9. The van der Waals surface area contributed by atoms with E-state index in [1.807, 2.05) is 18.0 Å². The first-order valence-electron chi connectivity index (χ1n) is 6.24. The first-order chi connectivity index (χ1) is 9.86. The highest BCUT2D eigenvalue weighted by Crippen LogP contribution is 2.20. The molecule has 0 unspecified atom stereocenters. The van der Waals surface area contributed by atoms with Crippen LogP contribution in [0.4, 0.5) is 0 Å². The number of nitrogens with zero attached hydrogens (tertiary/aromatic N) is 1. The summed E-state index contributed by atoms with van der Waals surface area (Å²) in [5, 5.41) is 12.4. The lowest BCUT2D eigenvalue weighted by Crippen LogP contribution is -2.36. The van der Waals surface area contributed by atoms with E-state index >= 15 is 0 Å². The maximum Gasteiger partial charge on any atom is 0.335 e. The molecule has 0 radical (unpaired) electrons. The van der Waals surface area contributed by atoms with Crippen molar-refractivity contribution in [1.82, 2.24) is 14.9 Å². The standard InChI is InChI=1S/C14H15N3O4/c1-7-4-5-9(8(2)6-7)17-13(20)10(11(18)15-3)12(19)16-14(17)21/h4-6,20H,1-3H3,(H,15,18)(H,16,19,21). The number of benzene rings is 1. The van der Waals surface area contributed by atoms with Crippen molar-refractivity contribution in [1.29, 1.82) is 0 Å². The molecule has 0 atom stereocenters. The third-order valence-corrected chi connectivity index (χ3v) is 3.13. The van der Waals surface area contributed by atoms with Crippen molar-refractivity contribution in [3.8, 4) is 11.6 Å². The molecule has 0 saturated heterocycles. The fourth-order valence-corrected chi connectivity index (χ4v) is 2.13. The molecule has 3 N–H and O–H groups in total. The van der Waals surface area contributed by atoms with Gasteiger partial charge in [-0.25, -0.2) is 9.36 Å². The Morgan fingerprint density at radius 2 is 1.95 bits per heavy atom. The van der Waals surface area contributed by atoms with Crippen molar-refractivity contribution in [2.24, 2.45) is 0 Å². The van der Waals surface area contributed by atoms with Gasteiger partial charge in [0.2, 0.25) is 5.88 Å². The number of aromatic hydroxyl groups is 1. The number of carbonyl (C=O) groups excluding carboxylic acids is 1. The Balaban J connectivity index is 2.84. The average molecular weight is 289 g/mol. The fourth-order valence-electron chi connectivity index (χ4n) is 2.13. The average Bonchev–Trinajstić information content (AvgIpc) is 2.40. The molecule has 1 aromatic heterocycles. The Bertz CT molecular complexity index is 833. The summed E-state index contributed by atoms with van der Waals surface area (Å²) in [4.78, 5) is 37.4. The minimum Gasteiger partial charge on any atom is -0.493 e. The first kappa shape index (κ1) is 14.6. The monoisotopic (exact) mass is 289 g/mol. The van der Waals surface area contributed by atoms with Crippen molar-refractivity contribution in [3.63, 3.8) is 0 Å². The smallest absolute Gasteiger partial charge is 0.335 e. The molecule has 1 aromatic carbocycles. The summed E-state index contributed by atoms with van der Waals surface area (Å²) >= 11 is 0. The second-order valence-electron chi connectivity index (χ2n) is 4.66. The molecule has 21 heavy (non-hydrogen) atoms. The minimum absolute atomic E-state index is 0.393. The van der Waals surface area contributed by atoms with Gasteiger partial charge in [-0.3, -0.25) is 14.6 Å². The third kappa shape index (κ3) is 2.45. The minimum atomic E-state index is -0.933. The predicted molar refractivity (Wildman–Crippen MR) is 77.2 cm³/mol. The van der Waals surface area contributed by atoms with Gasteiger partial charge < -0.3 is 10.4 Å². The molecule has 0 aliphatic carbocycles. The SMILES string of the molecule is CNC(=O)c1c(O)n(-c2ccc(C)cc2C)c(=O)[nH]c1=O. The zero-order chi connectivity index (χ0) is 15.7. The molecule has 0 aliphatic rings. The summed E-state index contributed by atoms with van der Waals surface area (Å²) in [7, 11) is 1.33. The highest BCUT2D eigenvalue weighted by atomic mass is 16.3. The number of aryl methyl sites for hydroxylation is 2. The molecule has 0 saturated carbocycles. The van der Waals surface area contributed by atoms with Crippen LogP contribution >= 0.6 is 0 Å². The number of nitrogens with one attached hydrogen (secondary N) is 2. The van der Waals surface area contributed by atoms with Gasteiger partial charge in [0, 0.05) is 7.05 Å². The van der Waals surface area contributed by atoms with Gasteiger partial charge in [-0.05, 0) is 25.5 Å². The maximum absolute atomic E-state index is 12.0. The first-order valence-corrected chi connectivity index (χ1v) is 6.24. The van der Waals surface area contributed by atoms with Gasteiger partial charge in [-0.15, -0.1) is 0 Å². The van der Waals surface area contributed by atoms with Crippen LogP contribution in [0.5, 0.6) is 5.88 Å². The van der Waals surface area contributed by atoms with Crippen LogP contribution in [0.25, 0.3) is 5.69 Å². The van der Waals surface area contributed by atoms with Gasteiger partial charge in [0.25, 0.3) is 11.5 Å². The largest absolute Gasteiger partial charge is 0.493 e. The molecule has 2 rings (SSSR count). The lowest BCUT2D eigenvalue weighted by Gasteiger charge is -2.13. The van der Waals surface area contributed by atoms with E-state index in [0.29, 0.717) is 5.69 Å². The molecule has 0 bridgehead atoms. The van der Waals surface area contributed by atoms with E-state index < -0.39 is 28.6 Å². The van der Waals surface area contributed by atoms with Crippen LogP contribution in [0.2, 0.25) is 0 Å². The molecule has 7 nitrogen and oxygen atoms in total. The second kappa shape index (κ2) is 5.28. The predicted octanol–water partition coefficient (Wildman–Crippen LogP) is 0.208. The lowest BCUT2D eigenvalue weighted by atomic mass is 10.1. The topological polar surface area (TPSA) is 104 Å². The van der Waals surface area contributed by atoms with Gasteiger partial charge in [-0.1, -0.05) is 17.7 Å². The molecule has 7 heteroatoms. The van der Waals surface area contributed by atoms with E-state index in [1.54, 1.807) is 19.1 Å². The second-order valence-corrected chi connectivity index (χ2v) is 4.66. The van der Waals surface area contributed by atoms with Crippen LogP contribution in [-0.4, -0.2) is 27.6 Å². The summed E-state index contributed by atoms with van der Waals surface area (Å²) in [6.07, 6.45) is 0. The summed E-state index contributed by atoms with van der Waals surface area (Å²) < 4.78 is 0.904. The van der Waals surface area contributed by atoms with Crippen LogP contribution in [0.15, 0.2) is 27.8 Å². The number of carbonyl (C=O) groups is 1. The van der Waals surface area contributed by atoms with Crippen LogP contribution in [0, 0.1) is 13.8 Å². The number of aromatic amines is 1. The number of rotatable bonds is 2. The van der Waals surface area contributed by atoms with E-state index in [-0.39, 0.29) is 0 Å². The molecule has 0 fully saturated rings. The summed E-state index contributed by atoms with van der Waals surface area (Å²) in [5.74, 6) is -1.46. The number of hydrogen-bond acceptors (Lipinski definition) is 4. The maximum atomic E-state index is 12.0. The molecule has 0 spiro atoms. The van der Waals surface area contributed by atoms with Crippen molar-refractivity contribution in [2.75, 3.05) is 7.05 Å². The molecule has 1 heterocycles. The number of hydrogen-bond donors (Lipinski definition) is 3. The highest BCUT2D eigenvalue weighted by Gasteiger charge is 2.21. The summed E-state index contributed by atoms with van der Waals surface area (Å²) in [5.41, 5.74) is -0.140. The van der Waals surface area contributed by atoms with E-state index in [2.05, 4.69) is 5.32 Å². The molecule has 2 aromatic rings. The quantitative estimate of drug-likeness (QED) is 0.735. The van der Waals surface area contributed by atoms with E-state index in [4.69, 9.17) is 0 Å². The molecule has 110 valence electrons. The van der Waals surface area contributed by atoms with Crippen molar-refractivity contribution in [2.45, 2.75) is 13.8 Å². The van der Waals surface area contributed by atoms with Crippen molar-refractivity contribution >= 4 is 5.91 Å². The Labute approximate surface area is 119 Å². The Hall–Kier alpha value is -2.83. The van der Waals surface area contributed by atoms with Crippen LogP contribution in [0.3, 0.4) is 0 Å². The molecular weight excluding hydrogens is 274 g/mol. The Morgan fingerprint density at radius 3 is 2.52 bits per heavy atom. The Morgan fingerprint density at radius 1 is 1.29 bits per heavy atom. The number of H-pyrrole nitrogens is 1. The normalized spacial score (nSPS) is 10.4. The van der Waals surface area contributed by atoms with Crippen LogP contribution in [0.1, 0.15) is 21.5 Å². The Kier molecular flexibility index (Phi) is 3.66. The molecule has 0 aliphatic heterocycles. The lowest BCUT2D eigenvalue weighted by molar-refractivity contribution is 0.0957. The molecular formula is C14H15N3O4. The zero-order valence-electron chi connectivity index (χ0n) is 11.9. The van der Waals surface area contributed by atoms with Gasteiger partial charge in [-0.2, -0.15) is 0 Å². The van der Waals surface area contributed by atoms with Gasteiger partial charge in [0.05, 0.1) is 5.69 Å². The van der Waals surface area contributed by atoms with E-state index in [9.17, 15) is 19.5 Å². The van der Waals surface area contributed by atoms with E-state index in [1.165, 1.54) is 7.05 Å². The molecule has 1 amide bonds. The van der Waals surface area contributed by atoms with Gasteiger partial charge in [0.15, 0.2) is 5.56 Å². The fraction of sp³-hybridized carbons (Fsp3) is 0.214. The number of aromatic nitrogens is 2. The van der Waals surface area contributed by atoms with Gasteiger partial charge >= 0.3 is 5.69 Å². The highest BCUT2D eigenvalue weighted by molar-refractivity contribution is 5.95. The third-order valence-electron chi connectivity index (χ3n) is 3.13. The van der Waals surface area contributed by atoms with Crippen LogP contribution < -0.4 is 16.6 Å².